The van der Waals surface area contributed by atoms with Crippen LogP contribution in [0.2, 0.25) is 0 Å². The molecule has 0 aliphatic rings. The largest absolute Gasteiger partial charge is 0.491 e. The van der Waals surface area contributed by atoms with Crippen LogP contribution in [-0.4, -0.2) is 17.1 Å². The smallest absolute Gasteiger partial charge is 0.119 e. The molecule has 0 amide bonds. The molecule has 0 heterocycles. The summed E-state index contributed by atoms with van der Waals surface area (Å²) in [6.07, 6.45) is -0.427. The summed E-state index contributed by atoms with van der Waals surface area (Å²) in [6.45, 7) is 3.95. The number of aliphatic hydroxyl groups is 1. The van der Waals surface area contributed by atoms with Gasteiger partial charge in [-0.25, -0.2) is 0 Å². The minimum atomic E-state index is -0.593. The Morgan fingerprint density at radius 2 is 1.86 bits per heavy atom. The molecule has 1 atom stereocenters. The fraction of sp³-hybridized carbons (Fsp3) is 0.455. The molecule has 0 fully saturated rings. The minimum Gasteiger partial charge on any atom is -0.491 e. The maximum atomic E-state index is 9.43. The Labute approximate surface area is 89.5 Å². The van der Waals surface area contributed by atoms with Gasteiger partial charge in [-0.3, -0.25) is 0 Å². The average molecular weight is 215 g/mol. The van der Waals surface area contributed by atoms with Crippen molar-refractivity contribution in [1.29, 1.82) is 0 Å². The zero-order chi connectivity index (χ0) is 10.6. The number of hydrogen-bond acceptors (Lipinski definition) is 2. The van der Waals surface area contributed by atoms with Gasteiger partial charge in [0.05, 0.1) is 18.1 Å². The highest BCUT2D eigenvalue weighted by atomic mass is 35.5. The van der Waals surface area contributed by atoms with E-state index in [-0.39, 0.29) is 12.0 Å². The first-order valence-corrected chi connectivity index (χ1v) is 5.17. The molecule has 0 aliphatic heterocycles. The van der Waals surface area contributed by atoms with Gasteiger partial charge in [-0.2, -0.15) is 0 Å². The Balaban J connectivity index is 2.68. The van der Waals surface area contributed by atoms with Crippen molar-refractivity contribution in [3.8, 4) is 5.75 Å². The van der Waals surface area contributed by atoms with E-state index in [0.717, 1.165) is 11.3 Å². The Morgan fingerprint density at radius 3 is 2.29 bits per heavy atom. The Morgan fingerprint density at radius 1 is 1.29 bits per heavy atom. The van der Waals surface area contributed by atoms with Crippen LogP contribution in [0.4, 0.5) is 0 Å². The van der Waals surface area contributed by atoms with E-state index in [1.54, 1.807) is 0 Å². The van der Waals surface area contributed by atoms with Crippen molar-refractivity contribution in [3.63, 3.8) is 0 Å². The van der Waals surface area contributed by atoms with E-state index in [2.05, 4.69) is 0 Å². The maximum absolute atomic E-state index is 9.43. The van der Waals surface area contributed by atoms with E-state index in [1.807, 2.05) is 38.1 Å². The molecule has 3 heteroatoms. The van der Waals surface area contributed by atoms with Crippen LogP contribution >= 0.6 is 11.6 Å². The molecule has 1 N–H and O–H groups in total. The Bertz CT molecular complexity index is 269. The standard InChI is InChI=1S/C11H15ClO2/c1-8(2)14-10-5-3-9(4-6-10)11(13)7-12/h3-6,8,11,13H,7H2,1-2H3. The fourth-order valence-corrected chi connectivity index (χ4v) is 1.31. The molecule has 0 bridgehead atoms. The van der Waals surface area contributed by atoms with E-state index in [0.29, 0.717) is 0 Å². The summed E-state index contributed by atoms with van der Waals surface area (Å²) < 4.78 is 5.47. The lowest BCUT2D eigenvalue weighted by Crippen LogP contribution is -2.05. The lowest BCUT2D eigenvalue weighted by molar-refractivity contribution is 0.202. The third kappa shape index (κ3) is 3.20. The Hall–Kier alpha value is -0.730. The molecule has 78 valence electrons. The molecule has 1 aromatic carbocycles. The number of rotatable bonds is 4. The summed E-state index contributed by atoms with van der Waals surface area (Å²) in [4.78, 5) is 0. The van der Waals surface area contributed by atoms with Gasteiger partial charge in [-0.05, 0) is 31.5 Å². The van der Waals surface area contributed by atoms with Crippen molar-refractivity contribution in [2.45, 2.75) is 26.1 Å². The molecule has 0 spiro atoms. The van der Waals surface area contributed by atoms with E-state index in [4.69, 9.17) is 16.3 Å². The summed E-state index contributed by atoms with van der Waals surface area (Å²) in [5.41, 5.74) is 0.816. The van der Waals surface area contributed by atoms with Crippen LogP contribution in [0, 0.1) is 0 Å². The molecule has 0 radical (unpaired) electrons. The molecule has 1 rings (SSSR count). The maximum Gasteiger partial charge on any atom is 0.119 e. The van der Waals surface area contributed by atoms with E-state index < -0.39 is 6.10 Å². The second-order valence-corrected chi connectivity index (χ2v) is 3.71. The van der Waals surface area contributed by atoms with Crippen LogP contribution in [0.1, 0.15) is 25.5 Å². The van der Waals surface area contributed by atoms with Crippen molar-refractivity contribution < 1.29 is 9.84 Å². The number of alkyl halides is 1. The van der Waals surface area contributed by atoms with Crippen LogP contribution in [0.25, 0.3) is 0 Å². The second kappa shape index (κ2) is 5.23. The van der Waals surface area contributed by atoms with Crippen molar-refractivity contribution >= 4 is 11.6 Å². The molecule has 1 unspecified atom stereocenters. The summed E-state index contributed by atoms with van der Waals surface area (Å²) >= 11 is 5.53. The summed E-state index contributed by atoms with van der Waals surface area (Å²) in [6, 6.07) is 7.33. The summed E-state index contributed by atoms with van der Waals surface area (Å²) in [7, 11) is 0. The lowest BCUT2D eigenvalue weighted by atomic mass is 10.1. The van der Waals surface area contributed by atoms with Crippen LogP contribution < -0.4 is 4.74 Å². The number of ether oxygens (including phenoxy) is 1. The molecular weight excluding hydrogens is 200 g/mol. The van der Waals surface area contributed by atoms with Crippen molar-refractivity contribution in [2.24, 2.45) is 0 Å². The van der Waals surface area contributed by atoms with Crippen LogP contribution in [0.15, 0.2) is 24.3 Å². The molecular formula is C11H15ClO2. The van der Waals surface area contributed by atoms with Crippen molar-refractivity contribution in [1.82, 2.24) is 0 Å². The van der Waals surface area contributed by atoms with Crippen molar-refractivity contribution in [3.05, 3.63) is 29.8 Å². The third-order valence-corrected chi connectivity index (χ3v) is 2.08. The van der Waals surface area contributed by atoms with E-state index >= 15 is 0 Å². The average Bonchev–Trinajstić information content (AvgIpc) is 2.17. The normalized spacial score (nSPS) is 12.9. The van der Waals surface area contributed by atoms with Gasteiger partial charge in [0.1, 0.15) is 5.75 Å². The Kier molecular flexibility index (Phi) is 4.23. The first kappa shape index (κ1) is 11.3. The van der Waals surface area contributed by atoms with Gasteiger partial charge in [0.25, 0.3) is 0 Å². The molecule has 0 saturated carbocycles. The van der Waals surface area contributed by atoms with Crippen LogP contribution in [0.3, 0.4) is 0 Å². The van der Waals surface area contributed by atoms with E-state index in [1.165, 1.54) is 0 Å². The third-order valence-electron chi connectivity index (χ3n) is 1.78. The first-order valence-electron chi connectivity index (χ1n) is 4.64. The number of halogens is 1. The zero-order valence-electron chi connectivity index (χ0n) is 8.40. The van der Waals surface area contributed by atoms with Gasteiger partial charge >= 0.3 is 0 Å². The molecule has 0 aromatic heterocycles. The SMILES string of the molecule is CC(C)Oc1ccc(C(O)CCl)cc1. The highest BCUT2D eigenvalue weighted by molar-refractivity contribution is 6.18. The molecule has 0 aliphatic carbocycles. The highest BCUT2D eigenvalue weighted by Gasteiger charge is 2.05. The number of benzene rings is 1. The van der Waals surface area contributed by atoms with Gasteiger partial charge < -0.3 is 9.84 Å². The van der Waals surface area contributed by atoms with Gasteiger partial charge in [0.2, 0.25) is 0 Å². The molecule has 2 nitrogen and oxygen atoms in total. The highest BCUT2D eigenvalue weighted by Crippen LogP contribution is 2.19. The van der Waals surface area contributed by atoms with Crippen molar-refractivity contribution in [2.75, 3.05) is 5.88 Å². The zero-order valence-corrected chi connectivity index (χ0v) is 9.16. The fourth-order valence-electron chi connectivity index (χ4n) is 1.13. The lowest BCUT2D eigenvalue weighted by Gasteiger charge is -2.11. The quantitative estimate of drug-likeness (QED) is 0.781. The predicted octanol–water partition coefficient (Wildman–Crippen LogP) is 2.75. The number of aliphatic hydroxyl groups excluding tert-OH is 1. The van der Waals surface area contributed by atoms with Gasteiger partial charge in [0, 0.05) is 0 Å². The van der Waals surface area contributed by atoms with Crippen LogP contribution in [0.5, 0.6) is 5.75 Å². The first-order chi connectivity index (χ1) is 6.63. The van der Waals surface area contributed by atoms with E-state index in [9.17, 15) is 5.11 Å². The minimum absolute atomic E-state index is 0.166. The van der Waals surface area contributed by atoms with Gasteiger partial charge in [-0.15, -0.1) is 11.6 Å². The van der Waals surface area contributed by atoms with Gasteiger partial charge in [0.15, 0.2) is 0 Å². The summed E-state index contributed by atoms with van der Waals surface area (Å²) in [5.74, 6) is 1.02. The van der Waals surface area contributed by atoms with Gasteiger partial charge in [-0.1, -0.05) is 12.1 Å². The summed E-state index contributed by atoms with van der Waals surface area (Å²) in [5, 5.41) is 9.43. The van der Waals surface area contributed by atoms with Crippen LogP contribution in [-0.2, 0) is 0 Å². The topological polar surface area (TPSA) is 29.5 Å². The number of hydrogen-bond donors (Lipinski definition) is 1. The molecule has 1 aromatic rings. The predicted molar refractivity (Wildman–Crippen MR) is 57.9 cm³/mol. The molecule has 0 saturated heterocycles. The molecule has 14 heavy (non-hydrogen) atoms. The monoisotopic (exact) mass is 214 g/mol. The second-order valence-electron chi connectivity index (χ2n) is 3.41.